The molecule has 34 heteroatoms. The van der Waals surface area contributed by atoms with Crippen molar-refractivity contribution < 1.29 is 67.7 Å². The summed E-state index contributed by atoms with van der Waals surface area (Å²) in [5.41, 5.74) is 41.3. The van der Waals surface area contributed by atoms with Crippen LogP contribution in [0.2, 0.25) is 0 Å². The van der Waals surface area contributed by atoms with Crippen molar-refractivity contribution in [2.75, 3.05) is 45.8 Å². The molecule has 3 fully saturated rings. The summed E-state index contributed by atoms with van der Waals surface area (Å²) < 4.78 is 0. The summed E-state index contributed by atoms with van der Waals surface area (Å²) in [6.07, 6.45) is 1.67. The molecule has 11 amide bonds. The van der Waals surface area contributed by atoms with Crippen molar-refractivity contribution in [1.82, 2.24) is 56.9 Å². The smallest absolute Gasteiger partial charge is 0.322 e. The number of aromatic amines is 1. The van der Waals surface area contributed by atoms with E-state index in [1.165, 1.54) is 21.6 Å². The zero-order chi connectivity index (χ0) is 70.9. The lowest BCUT2D eigenvalue weighted by Crippen LogP contribution is -2.62. The Balaban J connectivity index is 1.25. The van der Waals surface area contributed by atoms with E-state index in [-0.39, 0.29) is 115 Å². The topological polar surface area (TPSA) is 562 Å². The van der Waals surface area contributed by atoms with E-state index in [2.05, 4.69) is 52.2 Å². The van der Waals surface area contributed by atoms with Crippen molar-refractivity contribution >= 4 is 93.8 Å². The van der Waals surface area contributed by atoms with Crippen molar-refractivity contribution in [3.05, 3.63) is 71.9 Å². The quantitative estimate of drug-likeness (QED) is 0.0146. The molecule has 3 aromatic rings. The highest BCUT2D eigenvalue weighted by Crippen LogP contribution is 2.25. The van der Waals surface area contributed by atoms with Gasteiger partial charge in [-0.05, 0) is 114 Å². The lowest BCUT2D eigenvalue weighted by atomic mass is 10.0. The number of carbonyl (C=O) groups is 12. The highest BCUT2D eigenvalue weighted by atomic mass is 16.4. The van der Waals surface area contributed by atoms with Crippen LogP contribution in [0.15, 0.2) is 70.8 Å². The zero-order valence-electron chi connectivity index (χ0n) is 54.5. The lowest BCUT2D eigenvalue weighted by molar-refractivity contribution is -0.144. The number of nitrogens with zero attached hydrogens (tertiary/aromatic N) is 5. The minimum absolute atomic E-state index is 0.0206. The highest BCUT2D eigenvalue weighted by Gasteiger charge is 2.44. The summed E-state index contributed by atoms with van der Waals surface area (Å²) in [5, 5.41) is 39.8. The largest absolute Gasteiger partial charge is 0.480 e. The van der Waals surface area contributed by atoms with E-state index >= 15 is 4.79 Å². The molecule has 0 radical (unpaired) electrons. The summed E-state index contributed by atoms with van der Waals surface area (Å²) in [4.78, 5) is 181. The van der Waals surface area contributed by atoms with Crippen molar-refractivity contribution in [2.24, 2.45) is 50.1 Å². The molecule has 0 aliphatic carbocycles. The van der Waals surface area contributed by atoms with Crippen LogP contribution in [0.5, 0.6) is 0 Å². The van der Waals surface area contributed by atoms with Crippen LogP contribution >= 0.6 is 0 Å². The molecular formula is C63H94N20O14. The summed E-state index contributed by atoms with van der Waals surface area (Å²) in [7, 11) is 0. The molecule has 0 bridgehead atoms. The zero-order valence-corrected chi connectivity index (χ0v) is 54.5. The number of carboxylic acid groups (broad SMARTS) is 1. The standard InChI is InChI=1S/C63H94N20O14/c1-35(84)51(80-57(93)48-23-13-29-83(48)61(97)45(30-36-14-3-2-4-15-36)79-56(92)47-22-12-27-81(47)59(95)39(65)32-49(66)85)58(94)78-44(31-37-33-73-40-17-6-5-16-38(37)40)54(90)76-42(19-9-25-71-62(67)68)52(88)75-41(18-7-8-24-64)53(89)77-43(20-10-26-72-63(69)70)60(96)82-28-11-21-46(82)55(91)74-34-50(86)87/h2-6,14-17,33,35,39,41-48,51,73,84H,7-13,18-32,34,64-65H2,1H3,(H2,66,85)(H,74,91)(H,75,88)(H,76,90)(H,77,89)(H,78,94)(H,79,92)(H,80,93)(H,86,87)(H4,67,68,71)(H4,69,70,72)/t35-,39+,41+,42+,43+,44+,45+,46+,47+,48+,51+/m1/s1. The van der Waals surface area contributed by atoms with Gasteiger partial charge in [0.05, 0.1) is 18.6 Å². The number of likely N-dealkylation sites (tertiary alicyclic amines) is 3. The first kappa shape index (κ1) is 76.1. The first-order chi connectivity index (χ1) is 46.3. The number of primary amides is 1. The number of aliphatic hydroxyl groups excluding tert-OH is 1. The van der Waals surface area contributed by atoms with Gasteiger partial charge in [0.2, 0.25) is 65.0 Å². The molecule has 3 saturated heterocycles. The van der Waals surface area contributed by atoms with Crippen LogP contribution in [-0.2, 0) is 70.4 Å². The van der Waals surface area contributed by atoms with E-state index < -0.39 is 150 Å². The third kappa shape index (κ3) is 22.6. The number of amides is 11. The number of hydrogen-bond donors (Lipinski definition) is 17. The Labute approximate surface area is 560 Å². The molecule has 24 N–H and O–H groups in total. The Morgan fingerprint density at radius 2 is 1.05 bits per heavy atom. The van der Waals surface area contributed by atoms with Gasteiger partial charge in [0.15, 0.2) is 11.9 Å². The predicted molar refractivity (Wildman–Crippen MR) is 355 cm³/mol. The number of aromatic nitrogens is 1. The van der Waals surface area contributed by atoms with Crippen LogP contribution in [0.1, 0.15) is 108 Å². The van der Waals surface area contributed by atoms with Gasteiger partial charge < -0.3 is 107 Å². The number of aliphatic carboxylic acids is 1. The Bertz CT molecular complexity index is 3320. The number of fused-ring (bicyclic) bond motifs is 1. The first-order valence-corrected chi connectivity index (χ1v) is 32.6. The van der Waals surface area contributed by atoms with E-state index in [1.54, 1.807) is 60.8 Å². The normalized spacial score (nSPS) is 18.4. The molecule has 0 saturated carbocycles. The molecule has 3 aliphatic heterocycles. The van der Waals surface area contributed by atoms with Gasteiger partial charge in [-0.3, -0.25) is 67.5 Å². The number of carbonyl (C=O) groups excluding carboxylic acids is 11. The highest BCUT2D eigenvalue weighted by molar-refractivity contribution is 6.00. The van der Waals surface area contributed by atoms with Gasteiger partial charge in [-0.25, -0.2) is 0 Å². The number of rotatable bonds is 37. The molecule has 2 aromatic carbocycles. The van der Waals surface area contributed by atoms with Crippen LogP contribution < -0.4 is 77.4 Å². The maximum absolute atomic E-state index is 15.0. The maximum atomic E-state index is 15.0. The van der Waals surface area contributed by atoms with E-state index in [1.807, 2.05) is 0 Å². The Morgan fingerprint density at radius 3 is 1.60 bits per heavy atom. The monoisotopic (exact) mass is 1350 g/mol. The lowest BCUT2D eigenvalue weighted by Gasteiger charge is -2.32. The number of guanidine groups is 2. The summed E-state index contributed by atoms with van der Waals surface area (Å²) in [6.45, 7) is 1.09. The molecule has 1 aromatic heterocycles. The Hall–Kier alpha value is -9.96. The van der Waals surface area contributed by atoms with E-state index in [4.69, 9.17) is 40.1 Å². The van der Waals surface area contributed by atoms with Crippen molar-refractivity contribution in [1.29, 1.82) is 0 Å². The Kier molecular flexibility index (Phi) is 29.3. The second-order valence-electron chi connectivity index (χ2n) is 24.4. The van der Waals surface area contributed by atoms with Gasteiger partial charge in [0.25, 0.3) is 0 Å². The van der Waals surface area contributed by atoms with E-state index in [0.717, 1.165) is 0 Å². The second kappa shape index (κ2) is 37.4. The number of H-pyrrole nitrogens is 1. The molecule has 0 unspecified atom stereocenters. The van der Waals surface area contributed by atoms with Crippen LogP contribution in [0, 0.1) is 0 Å². The number of nitrogens with one attached hydrogen (secondary N) is 8. The number of hydrogen-bond acceptors (Lipinski definition) is 17. The van der Waals surface area contributed by atoms with Gasteiger partial charge >= 0.3 is 5.97 Å². The predicted octanol–water partition coefficient (Wildman–Crippen LogP) is -5.14. The van der Waals surface area contributed by atoms with Crippen LogP contribution in [0.4, 0.5) is 0 Å². The number of carboxylic acids is 1. The number of nitrogens with two attached hydrogens (primary N) is 7. The van der Waals surface area contributed by atoms with Crippen LogP contribution in [0.3, 0.4) is 0 Å². The summed E-state index contributed by atoms with van der Waals surface area (Å²) in [5.74, 6) is -10.5. The molecule has 6 rings (SSSR count). The van der Waals surface area contributed by atoms with Gasteiger partial charge in [0.1, 0.15) is 60.9 Å². The average molecular weight is 1360 g/mol. The molecule has 11 atom stereocenters. The fraction of sp³-hybridized carbons (Fsp3) is 0.556. The molecule has 34 nitrogen and oxygen atoms in total. The Morgan fingerprint density at radius 1 is 0.567 bits per heavy atom. The summed E-state index contributed by atoms with van der Waals surface area (Å²) >= 11 is 0. The van der Waals surface area contributed by atoms with Crippen molar-refractivity contribution in [3.63, 3.8) is 0 Å². The number of benzene rings is 2. The van der Waals surface area contributed by atoms with Crippen molar-refractivity contribution in [3.8, 4) is 0 Å². The molecule has 3 aliphatic rings. The minimum Gasteiger partial charge on any atom is -0.480 e. The van der Waals surface area contributed by atoms with E-state index in [9.17, 15) is 63.0 Å². The molecular weight excluding hydrogens is 1260 g/mol. The second-order valence-corrected chi connectivity index (χ2v) is 24.4. The minimum atomic E-state index is -1.77. The fourth-order valence-corrected chi connectivity index (χ4v) is 12.2. The summed E-state index contributed by atoms with van der Waals surface area (Å²) in [6, 6.07) is 2.44. The molecule has 530 valence electrons. The number of aliphatic hydroxyl groups is 1. The van der Waals surface area contributed by atoms with Gasteiger partial charge in [0, 0.05) is 62.7 Å². The van der Waals surface area contributed by atoms with Crippen LogP contribution in [0.25, 0.3) is 10.9 Å². The fourth-order valence-electron chi connectivity index (χ4n) is 12.2. The molecule has 97 heavy (non-hydrogen) atoms. The molecule has 4 heterocycles. The van der Waals surface area contributed by atoms with Crippen molar-refractivity contribution in [2.45, 2.75) is 176 Å². The average Bonchev–Trinajstić information content (AvgIpc) is 1.76. The van der Waals surface area contributed by atoms with Gasteiger partial charge in [-0.15, -0.1) is 0 Å². The first-order valence-electron chi connectivity index (χ1n) is 32.6. The SMILES string of the molecule is C[C@@H](O)[C@H](NC(=O)[C@@H]1CCCN1C(=O)[C@H](Cc1ccccc1)NC(=O)[C@@H]1CCCN1C(=O)[C@@H](N)CC(N)=O)C(=O)N[C@@H](Cc1c[nH]c2ccccc12)C(=O)N[C@@H](CCCN=C(N)N)C(=O)N[C@@H](CCCCN)C(=O)N[C@@H](CCCN=C(N)N)C(=O)N1CCC[C@H]1C(=O)NCC(=O)O. The van der Waals surface area contributed by atoms with Gasteiger partial charge in [-0.2, -0.15) is 0 Å². The third-order valence-electron chi connectivity index (χ3n) is 17.1. The third-order valence-corrected chi connectivity index (χ3v) is 17.1. The van der Waals surface area contributed by atoms with Crippen LogP contribution in [-0.4, -0.2) is 225 Å². The number of para-hydroxylation sites is 1. The molecule has 0 spiro atoms. The number of unbranched alkanes of at least 4 members (excludes halogenated alkanes) is 1. The van der Waals surface area contributed by atoms with Gasteiger partial charge in [-0.1, -0.05) is 48.5 Å². The van der Waals surface area contributed by atoms with E-state index in [0.29, 0.717) is 54.1 Å². The maximum Gasteiger partial charge on any atom is 0.322 e. The number of aliphatic imine (C=N–C) groups is 2.